The Kier molecular flexibility index (Phi) is 5.43. The fourth-order valence-corrected chi connectivity index (χ4v) is 2.92. The highest BCUT2D eigenvalue weighted by Gasteiger charge is 2.16. The van der Waals surface area contributed by atoms with Gasteiger partial charge in [0.2, 0.25) is 5.88 Å². The van der Waals surface area contributed by atoms with E-state index in [2.05, 4.69) is 10.3 Å². The molecule has 1 aliphatic carbocycles. The van der Waals surface area contributed by atoms with Gasteiger partial charge in [-0.2, -0.15) is 0 Å². The third-order valence-electron chi connectivity index (χ3n) is 4.25. The molecule has 1 aromatic heterocycles. The Labute approximate surface area is 141 Å². The van der Waals surface area contributed by atoms with Gasteiger partial charge in [0.25, 0.3) is 0 Å². The van der Waals surface area contributed by atoms with Gasteiger partial charge in [-0.15, -0.1) is 0 Å². The topological polar surface area (TPSA) is 71.5 Å². The molecule has 0 bridgehead atoms. The van der Waals surface area contributed by atoms with Gasteiger partial charge < -0.3 is 15.2 Å². The Morgan fingerprint density at radius 2 is 1.83 bits per heavy atom. The molecule has 126 valence electrons. The van der Waals surface area contributed by atoms with E-state index in [-0.39, 0.29) is 0 Å². The lowest BCUT2D eigenvalue weighted by molar-refractivity contribution is 0.0697. The number of nitrogens with one attached hydrogen (secondary N) is 1. The van der Waals surface area contributed by atoms with Crippen LogP contribution in [0.5, 0.6) is 5.88 Å². The molecule has 1 aliphatic rings. The van der Waals surface area contributed by atoms with E-state index in [1.165, 1.54) is 12.8 Å². The van der Waals surface area contributed by atoms with Crippen molar-refractivity contribution in [1.82, 2.24) is 10.3 Å². The van der Waals surface area contributed by atoms with E-state index >= 15 is 0 Å². The SMILES string of the molecule is O=C(O)c1ccc(CNCc2ccnc(OC3CCCC3)c2)cc1. The Morgan fingerprint density at radius 3 is 2.54 bits per heavy atom. The molecule has 0 unspecified atom stereocenters. The lowest BCUT2D eigenvalue weighted by atomic mass is 10.1. The maximum atomic E-state index is 10.8. The average molecular weight is 326 g/mol. The van der Waals surface area contributed by atoms with Crippen LogP contribution in [0.2, 0.25) is 0 Å². The summed E-state index contributed by atoms with van der Waals surface area (Å²) < 4.78 is 5.92. The van der Waals surface area contributed by atoms with Gasteiger partial charge in [-0.3, -0.25) is 0 Å². The molecule has 0 atom stereocenters. The van der Waals surface area contributed by atoms with E-state index in [9.17, 15) is 4.79 Å². The van der Waals surface area contributed by atoms with E-state index in [4.69, 9.17) is 9.84 Å². The van der Waals surface area contributed by atoms with Crippen molar-refractivity contribution in [2.45, 2.75) is 44.9 Å². The Balaban J connectivity index is 1.50. The lowest BCUT2D eigenvalue weighted by Crippen LogP contribution is -2.14. The first-order valence-corrected chi connectivity index (χ1v) is 8.35. The number of nitrogens with zero attached hydrogens (tertiary/aromatic N) is 1. The molecular weight excluding hydrogens is 304 g/mol. The number of aromatic carboxylic acids is 1. The standard InChI is InChI=1S/C19H22N2O3/c22-19(23)16-7-5-14(6-8-16)12-20-13-15-9-10-21-18(11-15)24-17-3-1-2-4-17/h5-11,17,20H,1-4,12-13H2,(H,22,23). The van der Waals surface area contributed by atoms with Crippen molar-refractivity contribution in [2.24, 2.45) is 0 Å². The molecule has 0 aliphatic heterocycles. The third kappa shape index (κ3) is 4.55. The maximum absolute atomic E-state index is 10.8. The monoisotopic (exact) mass is 326 g/mol. The minimum Gasteiger partial charge on any atom is -0.478 e. The number of ether oxygens (including phenoxy) is 1. The van der Waals surface area contributed by atoms with Crippen LogP contribution in [0.15, 0.2) is 42.6 Å². The largest absolute Gasteiger partial charge is 0.478 e. The normalized spacial score (nSPS) is 14.7. The molecule has 1 heterocycles. The maximum Gasteiger partial charge on any atom is 0.335 e. The molecule has 1 saturated carbocycles. The predicted molar refractivity (Wildman–Crippen MR) is 91.1 cm³/mol. The lowest BCUT2D eigenvalue weighted by Gasteiger charge is -2.13. The molecular formula is C19H22N2O3. The van der Waals surface area contributed by atoms with Crippen LogP contribution in [-0.2, 0) is 13.1 Å². The molecule has 0 saturated heterocycles. The van der Waals surface area contributed by atoms with Gasteiger partial charge in [0.15, 0.2) is 0 Å². The van der Waals surface area contributed by atoms with Crippen molar-refractivity contribution in [3.05, 3.63) is 59.3 Å². The summed E-state index contributed by atoms with van der Waals surface area (Å²) in [6.45, 7) is 1.39. The fraction of sp³-hybridized carbons (Fsp3) is 0.368. The smallest absolute Gasteiger partial charge is 0.335 e. The highest BCUT2D eigenvalue weighted by Crippen LogP contribution is 2.23. The molecule has 3 rings (SSSR count). The molecule has 0 spiro atoms. The van der Waals surface area contributed by atoms with E-state index < -0.39 is 5.97 Å². The zero-order valence-corrected chi connectivity index (χ0v) is 13.6. The summed E-state index contributed by atoms with van der Waals surface area (Å²) in [6, 6.07) is 10.9. The van der Waals surface area contributed by atoms with Crippen LogP contribution >= 0.6 is 0 Å². The van der Waals surface area contributed by atoms with E-state index in [0.717, 1.165) is 24.0 Å². The summed E-state index contributed by atoms with van der Waals surface area (Å²) in [5.74, 6) is -0.201. The first kappa shape index (κ1) is 16.5. The van der Waals surface area contributed by atoms with E-state index in [0.29, 0.717) is 30.6 Å². The zero-order valence-electron chi connectivity index (χ0n) is 13.6. The van der Waals surface area contributed by atoms with Gasteiger partial charge in [0.1, 0.15) is 6.10 Å². The Morgan fingerprint density at radius 1 is 1.12 bits per heavy atom. The van der Waals surface area contributed by atoms with Crippen molar-refractivity contribution in [2.75, 3.05) is 0 Å². The number of benzene rings is 1. The predicted octanol–water partition coefficient (Wildman–Crippen LogP) is 3.39. The van der Waals surface area contributed by atoms with E-state index in [1.807, 2.05) is 24.3 Å². The summed E-state index contributed by atoms with van der Waals surface area (Å²) in [6.07, 6.45) is 6.82. The second-order valence-electron chi connectivity index (χ2n) is 6.13. The highest BCUT2D eigenvalue weighted by molar-refractivity contribution is 5.87. The highest BCUT2D eigenvalue weighted by atomic mass is 16.5. The number of aromatic nitrogens is 1. The summed E-state index contributed by atoms with van der Waals surface area (Å²) >= 11 is 0. The van der Waals surface area contributed by atoms with Gasteiger partial charge in [-0.25, -0.2) is 9.78 Å². The molecule has 5 heteroatoms. The summed E-state index contributed by atoms with van der Waals surface area (Å²) in [7, 11) is 0. The fourth-order valence-electron chi connectivity index (χ4n) is 2.92. The molecule has 0 amide bonds. The number of hydrogen-bond donors (Lipinski definition) is 2. The van der Waals surface area contributed by atoms with Crippen LogP contribution in [0, 0.1) is 0 Å². The van der Waals surface area contributed by atoms with Crippen LogP contribution in [-0.4, -0.2) is 22.2 Å². The third-order valence-corrected chi connectivity index (χ3v) is 4.25. The second-order valence-corrected chi connectivity index (χ2v) is 6.13. The number of pyridine rings is 1. The minimum atomic E-state index is -0.902. The van der Waals surface area contributed by atoms with E-state index in [1.54, 1.807) is 18.3 Å². The van der Waals surface area contributed by atoms with Crippen molar-refractivity contribution in [3.8, 4) is 5.88 Å². The number of rotatable bonds is 7. The zero-order chi connectivity index (χ0) is 16.8. The molecule has 1 aromatic carbocycles. The molecule has 0 radical (unpaired) electrons. The number of carboxylic acid groups (broad SMARTS) is 1. The number of carbonyl (C=O) groups is 1. The van der Waals surface area contributed by atoms with Crippen molar-refractivity contribution in [1.29, 1.82) is 0 Å². The van der Waals surface area contributed by atoms with Crippen molar-refractivity contribution < 1.29 is 14.6 Å². The van der Waals surface area contributed by atoms with Crippen LogP contribution in [0.3, 0.4) is 0 Å². The molecule has 1 fully saturated rings. The van der Waals surface area contributed by atoms with Gasteiger partial charge >= 0.3 is 5.97 Å². The van der Waals surface area contributed by atoms with Crippen LogP contribution < -0.4 is 10.1 Å². The summed E-state index contributed by atoms with van der Waals surface area (Å²) in [5, 5.41) is 12.3. The summed E-state index contributed by atoms with van der Waals surface area (Å²) in [5.41, 5.74) is 2.48. The average Bonchev–Trinajstić information content (AvgIpc) is 3.09. The second kappa shape index (κ2) is 7.93. The molecule has 24 heavy (non-hydrogen) atoms. The summed E-state index contributed by atoms with van der Waals surface area (Å²) in [4.78, 5) is 15.1. The van der Waals surface area contributed by atoms with Crippen molar-refractivity contribution in [3.63, 3.8) is 0 Å². The van der Waals surface area contributed by atoms with Crippen LogP contribution in [0.25, 0.3) is 0 Å². The number of carboxylic acids is 1. The van der Waals surface area contributed by atoms with Gasteiger partial charge in [-0.1, -0.05) is 12.1 Å². The first-order chi connectivity index (χ1) is 11.7. The van der Waals surface area contributed by atoms with Crippen LogP contribution in [0.1, 0.15) is 47.2 Å². The Bertz CT molecular complexity index is 679. The Hall–Kier alpha value is -2.40. The van der Waals surface area contributed by atoms with Gasteiger partial charge in [0, 0.05) is 25.4 Å². The number of hydrogen-bond acceptors (Lipinski definition) is 4. The minimum absolute atomic E-state index is 0.307. The quantitative estimate of drug-likeness (QED) is 0.816. The van der Waals surface area contributed by atoms with Crippen molar-refractivity contribution >= 4 is 5.97 Å². The molecule has 2 aromatic rings. The molecule has 2 N–H and O–H groups in total. The first-order valence-electron chi connectivity index (χ1n) is 8.35. The van der Waals surface area contributed by atoms with Gasteiger partial charge in [-0.05, 0) is 55.0 Å². The molecule has 5 nitrogen and oxygen atoms in total. The van der Waals surface area contributed by atoms with Gasteiger partial charge in [0.05, 0.1) is 5.56 Å². The van der Waals surface area contributed by atoms with Crippen LogP contribution in [0.4, 0.5) is 0 Å².